The number of hydrogen-bond acceptors (Lipinski definition) is 0. The van der Waals surface area contributed by atoms with Crippen molar-refractivity contribution in [2.75, 3.05) is 0 Å². The molecule has 12 aromatic rings. The molecule has 0 aliphatic carbocycles. The Labute approximate surface area is 388 Å². The van der Waals surface area contributed by atoms with Gasteiger partial charge >= 0.3 is 6.18 Å². The van der Waals surface area contributed by atoms with E-state index >= 15 is 22.0 Å². The number of aromatic nitrogens is 2. The van der Waals surface area contributed by atoms with Crippen molar-refractivity contribution >= 4 is 43.6 Å². The molecule has 2 aromatic heterocycles. The highest BCUT2D eigenvalue weighted by molar-refractivity contribution is 6.14. The van der Waals surface area contributed by atoms with E-state index in [9.17, 15) is 0 Å². The van der Waals surface area contributed by atoms with Crippen LogP contribution in [0, 0.1) is 11.6 Å². The molecule has 2 nitrogen and oxygen atoms in total. The highest BCUT2D eigenvalue weighted by Gasteiger charge is 2.40. The molecule has 0 radical (unpaired) electrons. The third kappa shape index (κ3) is 6.94. The first-order valence-corrected chi connectivity index (χ1v) is 22.3. The van der Waals surface area contributed by atoms with Gasteiger partial charge in [0.2, 0.25) is 0 Å². The van der Waals surface area contributed by atoms with Crippen LogP contribution in [0.5, 0.6) is 0 Å². The fraction of sp³-hybridized carbons (Fsp3) is 0.0164. The molecule has 0 saturated heterocycles. The van der Waals surface area contributed by atoms with Gasteiger partial charge in [0.25, 0.3) is 0 Å². The first-order valence-electron chi connectivity index (χ1n) is 22.3. The van der Waals surface area contributed by atoms with Crippen molar-refractivity contribution in [3.8, 4) is 67.0 Å². The predicted octanol–water partition coefficient (Wildman–Crippen LogP) is 17.5. The Bertz CT molecular complexity index is 3680. The molecule has 0 fully saturated rings. The van der Waals surface area contributed by atoms with Crippen LogP contribution in [0.2, 0.25) is 0 Å². The zero-order valence-corrected chi connectivity index (χ0v) is 36.1. The van der Waals surface area contributed by atoms with Crippen LogP contribution in [-0.4, -0.2) is 9.13 Å². The van der Waals surface area contributed by atoms with Crippen LogP contribution in [0.15, 0.2) is 224 Å². The second-order valence-electron chi connectivity index (χ2n) is 17.1. The van der Waals surface area contributed by atoms with Crippen LogP contribution >= 0.6 is 0 Å². The van der Waals surface area contributed by atoms with Crippen molar-refractivity contribution in [1.29, 1.82) is 0 Å². The van der Waals surface area contributed by atoms with Gasteiger partial charge in [-0.05, 0) is 117 Å². The van der Waals surface area contributed by atoms with Crippen LogP contribution in [-0.2, 0) is 6.18 Å². The predicted molar refractivity (Wildman–Crippen MR) is 267 cm³/mol. The number of nitrogens with zero attached hydrogens (tertiary/aromatic N) is 2. The molecule has 10 aromatic carbocycles. The average molecular weight is 893 g/mol. The van der Waals surface area contributed by atoms with Crippen molar-refractivity contribution in [2.45, 2.75) is 6.18 Å². The van der Waals surface area contributed by atoms with Gasteiger partial charge in [0.1, 0.15) is 17.2 Å². The van der Waals surface area contributed by atoms with Gasteiger partial charge in [-0.15, -0.1) is 0 Å². The molecule has 0 bridgehead atoms. The van der Waals surface area contributed by atoms with Crippen LogP contribution < -0.4 is 0 Å². The minimum Gasteiger partial charge on any atom is -0.309 e. The summed E-state index contributed by atoms with van der Waals surface area (Å²) in [6.45, 7) is 0. The molecule has 2 heterocycles. The molecule has 0 amide bonds. The van der Waals surface area contributed by atoms with Crippen molar-refractivity contribution in [1.82, 2.24) is 9.13 Å². The van der Waals surface area contributed by atoms with Crippen molar-refractivity contribution in [2.24, 2.45) is 0 Å². The topological polar surface area (TPSA) is 9.86 Å². The molecule has 326 valence electrons. The first-order chi connectivity index (χ1) is 33.2. The second kappa shape index (κ2) is 16.1. The average Bonchev–Trinajstić information content (AvgIpc) is 3.87. The minimum atomic E-state index is -5.00. The van der Waals surface area contributed by atoms with Gasteiger partial charge in [-0.1, -0.05) is 152 Å². The van der Waals surface area contributed by atoms with E-state index in [-0.39, 0.29) is 22.5 Å². The maximum absolute atomic E-state index is 16.9. The summed E-state index contributed by atoms with van der Waals surface area (Å²) < 4.78 is 84.7. The van der Waals surface area contributed by atoms with E-state index < -0.39 is 23.4 Å². The third-order valence-corrected chi connectivity index (χ3v) is 13.0. The molecule has 0 spiro atoms. The zero-order valence-electron chi connectivity index (χ0n) is 36.1. The molecular formula is C61H37F5N2. The van der Waals surface area contributed by atoms with Crippen LogP contribution in [0.25, 0.3) is 111 Å². The summed E-state index contributed by atoms with van der Waals surface area (Å²) in [6, 6.07) is 68.5. The molecule has 0 aliphatic rings. The Hall–Kier alpha value is -8.55. The highest BCUT2D eigenvalue weighted by atomic mass is 19.4. The Balaban J connectivity index is 1.22. The summed E-state index contributed by atoms with van der Waals surface area (Å²) in [6.07, 6.45) is -5.00. The van der Waals surface area contributed by atoms with Gasteiger partial charge in [0.15, 0.2) is 0 Å². The van der Waals surface area contributed by atoms with Gasteiger partial charge < -0.3 is 9.13 Å². The minimum absolute atomic E-state index is 0.0102. The lowest BCUT2D eigenvalue weighted by molar-refractivity contribution is -0.137. The third-order valence-electron chi connectivity index (χ3n) is 13.0. The molecule has 0 unspecified atom stereocenters. The highest BCUT2D eigenvalue weighted by Crippen LogP contribution is 2.49. The van der Waals surface area contributed by atoms with Crippen molar-refractivity contribution in [3.63, 3.8) is 0 Å². The smallest absolute Gasteiger partial charge is 0.309 e. The molecule has 0 N–H and O–H groups in total. The number of halogens is 5. The van der Waals surface area contributed by atoms with Crippen LogP contribution in [0.1, 0.15) is 5.56 Å². The van der Waals surface area contributed by atoms with E-state index in [1.807, 2.05) is 194 Å². The molecule has 0 aliphatic heterocycles. The van der Waals surface area contributed by atoms with Crippen molar-refractivity contribution < 1.29 is 22.0 Å². The Morgan fingerprint density at radius 3 is 0.971 bits per heavy atom. The van der Waals surface area contributed by atoms with Crippen molar-refractivity contribution in [3.05, 3.63) is 242 Å². The number of rotatable bonds is 7. The van der Waals surface area contributed by atoms with Gasteiger partial charge in [0, 0.05) is 33.2 Å². The summed E-state index contributed by atoms with van der Waals surface area (Å²) in [7, 11) is 0. The normalized spacial score (nSPS) is 11.9. The lowest BCUT2D eigenvalue weighted by atomic mass is 9.96. The van der Waals surface area contributed by atoms with E-state index in [0.717, 1.165) is 73.5 Å². The van der Waals surface area contributed by atoms with E-state index in [2.05, 4.69) is 0 Å². The maximum Gasteiger partial charge on any atom is 0.420 e. The van der Waals surface area contributed by atoms with Gasteiger partial charge in [0.05, 0.1) is 33.4 Å². The van der Waals surface area contributed by atoms with Gasteiger partial charge in [-0.25, -0.2) is 8.78 Å². The van der Waals surface area contributed by atoms with E-state index in [4.69, 9.17) is 0 Å². The molecule has 0 saturated carbocycles. The zero-order chi connectivity index (χ0) is 46.1. The van der Waals surface area contributed by atoms with Gasteiger partial charge in [-0.3, -0.25) is 0 Å². The summed E-state index contributed by atoms with van der Waals surface area (Å²) in [5.74, 6) is -1.81. The lowest BCUT2D eigenvalue weighted by Crippen LogP contribution is -2.17. The summed E-state index contributed by atoms with van der Waals surface area (Å²) in [5, 5.41) is 2.97. The standard InChI is InChI=1S/C61H37F5N2/c62-47-31-46(32-48(63)37-47)49-25-30-58(67-54-26-21-42(38-13-5-1-6-14-38)33-50(54)51-34-43(22-27-55(51)67)39-15-7-2-8-16-39)59(61(64,65)66)60(49)68-56-28-23-44(40-17-9-3-10-18-40)35-52(56)53-36-45(24-29-57(53)68)41-19-11-4-12-20-41/h1-37H. The van der Waals surface area contributed by atoms with Crippen LogP contribution in [0.3, 0.4) is 0 Å². The second-order valence-corrected chi connectivity index (χ2v) is 17.1. The number of alkyl halides is 3. The monoisotopic (exact) mass is 892 g/mol. The number of hydrogen-bond donors (Lipinski definition) is 0. The van der Waals surface area contributed by atoms with Crippen LogP contribution in [0.4, 0.5) is 22.0 Å². The quantitative estimate of drug-likeness (QED) is 0.141. The molecule has 7 heteroatoms. The van der Waals surface area contributed by atoms with E-state index in [0.29, 0.717) is 32.8 Å². The summed E-state index contributed by atoms with van der Waals surface area (Å²) in [5.41, 5.74) is 8.16. The Morgan fingerprint density at radius 1 is 0.294 bits per heavy atom. The lowest BCUT2D eigenvalue weighted by Gasteiger charge is -2.24. The van der Waals surface area contributed by atoms with Gasteiger partial charge in [-0.2, -0.15) is 13.2 Å². The number of benzene rings is 10. The van der Waals surface area contributed by atoms with E-state index in [1.54, 1.807) is 15.2 Å². The van der Waals surface area contributed by atoms with E-state index in [1.165, 1.54) is 6.07 Å². The largest absolute Gasteiger partial charge is 0.420 e. The molecular weight excluding hydrogens is 856 g/mol. The summed E-state index contributed by atoms with van der Waals surface area (Å²) >= 11 is 0. The first kappa shape index (κ1) is 40.9. The Kier molecular flexibility index (Phi) is 9.69. The molecule has 12 rings (SSSR count). The maximum atomic E-state index is 16.9. The fourth-order valence-electron chi connectivity index (χ4n) is 10.0. The molecule has 0 atom stereocenters. The Morgan fingerprint density at radius 2 is 0.632 bits per heavy atom. The SMILES string of the molecule is Fc1cc(F)cc(-c2ccc(-n3c4ccc(-c5ccccc5)cc4c4cc(-c5ccccc5)ccc43)c(C(F)(F)F)c2-n2c3ccc(-c4ccccc4)cc3c3cc(-c4ccccc4)ccc32)c1. The number of fused-ring (bicyclic) bond motifs is 6. The molecule has 68 heavy (non-hydrogen) atoms. The summed E-state index contributed by atoms with van der Waals surface area (Å²) in [4.78, 5) is 0. The fourth-order valence-corrected chi connectivity index (χ4v) is 10.0.